The van der Waals surface area contributed by atoms with Crippen molar-refractivity contribution in [3.8, 4) is 0 Å². The average molecular weight is 310 g/mol. The Morgan fingerprint density at radius 1 is 1.14 bits per heavy atom. The molecule has 118 valence electrons. The maximum atomic E-state index is 12.6. The lowest BCUT2D eigenvalue weighted by Crippen LogP contribution is -2.35. The summed E-state index contributed by atoms with van der Waals surface area (Å²) in [5.74, 6) is 0. The summed E-state index contributed by atoms with van der Waals surface area (Å²) in [6.07, 6.45) is 5.71. The summed E-state index contributed by atoms with van der Waals surface area (Å²) in [6, 6.07) is 7.08. The van der Waals surface area contributed by atoms with Crippen LogP contribution in [0, 0.1) is 5.41 Å². The molecule has 2 N–H and O–H groups in total. The van der Waals surface area contributed by atoms with Gasteiger partial charge in [0.15, 0.2) is 0 Å². The van der Waals surface area contributed by atoms with E-state index in [1.54, 1.807) is 12.1 Å². The van der Waals surface area contributed by atoms with Crippen molar-refractivity contribution in [3.05, 3.63) is 24.3 Å². The number of benzene rings is 1. The van der Waals surface area contributed by atoms with Crippen LogP contribution >= 0.6 is 0 Å². The molecular weight excluding hydrogens is 284 g/mol. The lowest BCUT2D eigenvalue weighted by molar-refractivity contribution is 0.285. The van der Waals surface area contributed by atoms with Gasteiger partial charge >= 0.3 is 0 Å². The molecule has 0 saturated heterocycles. The molecule has 0 amide bonds. The molecule has 0 bridgehead atoms. The van der Waals surface area contributed by atoms with Crippen LogP contribution in [0.15, 0.2) is 29.2 Å². The molecule has 0 atom stereocenters. The first-order chi connectivity index (χ1) is 10.0. The van der Waals surface area contributed by atoms with Gasteiger partial charge in [-0.1, -0.05) is 31.9 Å². The highest BCUT2D eigenvalue weighted by molar-refractivity contribution is 7.89. The van der Waals surface area contributed by atoms with E-state index in [0.717, 1.165) is 19.3 Å². The number of hydrogen-bond donors (Lipinski definition) is 2. The first-order valence-corrected chi connectivity index (χ1v) is 9.34. The molecule has 0 aliphatic heterocycles. The van der Waals surface area contributed by atoms with Crippen molar-refractivity contribution in [1.29, 1.82) is 0 Å². The SMILES string of the molecule is CCNc1ccccc1S(=O)(=O)NCC1(CC)CCCC1. The zero-order valence-corrected chi connectivity index (χ0v) is 13.8. The van der Waals surface area contributed by atoms with Crippen LogP contribution < -0.4 is 10.0 Å². The van der Waals surface area contributed by atoms with Gasteiger partial charge in [0.2, 0.25) is 10.0 Å². The molecule has 0 heterocycles. The minimum atomic E-state index is -3.46. The lowest BCUT2D eigenvalue weighted by atomic mass is 9.84. The number of sulfonamides is 1. The maximum absolute atomic E-state index is 12.6. The second-order valence-corrected chi connectivity index (χ2v) is 7.65. The van der Waals surface area contributed by atoms with Crippen molar-refractivity contribution in [2.75, 3.05) is 18.4 Å². The highest BCUT2D eigenvalue weighted by atomic mass is 32.2. The molecule has 5 heteroatoms. The van der Waals surface area contributed by atoms with E-state index in [2.05, 4.69) is 17.0 Å². The van der Waals surface area contributed by atoms with Gasteiger partial charge in [-0.3, -0.25) is 0 Å². The summed E-state index contributed by atoms with van der Waals surface area (Å²) < 4.78 is 28.0. The summed E-state index contributed by atoms with van der Waals surface area (Å²) in [7, 11) is -3.46. The normalized spacial score (nSPS) is 17.8. The fourth-order valence-electron chi connectivity index (χ4n) is 3.14. The van der Waals surface area contributed by atoms with Gasteiger partial charge < -0.3 is 5.32 Å². The van der Waals surface area contributed by atoms with Crippen LogP contribution in [0.2, 0.25) is 0 Å². The van der Waals surface area contributed by atoms with E-state index in [1.807, 2.05) is 19.1 Å². The third-order valence-electron chi connectivity index (χ3n) is 4.60. The summed E-state index contributed by atoms with van der Waals surface area (Å²) in [6.45, 7) is 5.37. The molecule has 0 aromatic heterocycles. The number of rotatable bonds is 7. The fraction of sp³-hybridized carbons (Fsp3) is 0.625. The van der Waals surface area contributed by atoms with Gasteiger partial charge in [0.1, 0.15) is 4.90 Å². The van der Waals surface area contributed by atoms with Crippen LogP contribution in [0.25, 0.3) is 0 Å². The maximum Gasteiger partial charge on any atom is 0.242 e. The summed E-state index contributed by atoms with van der Waals surface area (Å²) in [5.41, 5.74) is 0.824. The van der Waals surface area contributed by atoms with Gasteiger partial charge in [0.25, 0.3) is 0 Å². The number of para-hydroxylation sites is 1. The number of hydrogen-bond acceptors (Lipinski definition) is 3. The van der Waals surface area contributed by atoms with Crippen molar-refractivity contribution in [2.45, 2.75) is 50.8 Å². The molecule has 2 rings (SSSR count). The Kier molecular flexibility index (Phi) is 5.27. The zero-order chi connectivity index (χ0) is 15.3. The van der Waals surface area contributed by atoms with E-state index in [9.17, 15) is 8.42 Å². The first-order valence-electron chi connectivity index (χ1n) is 7.85. The second kappa shape index (κ2) is 6.79. The highest BCUT2D eigenvalue weighted by Crippen LogP contribution is 2.40. The van der Waals surface area contributed by atoms with Crippen molar-refractivity contribution in [2.24, 2.45) is 5.41 Å². The van der Waals surface area contributed by atoms with E-state index < -0.39 is 10.0 Å². The quantitative estimate of drug-likeness (QED) is 0.812. The van der Waals surface area contributed by atoms with E-state index in [-0.39, 0.29) is 5.41 Å². The molecule has 1 aliphatic rings. The molecule has 21 heavy (non-hydrogen) atoms. The molecule has 1 fully saturated rings. The van der Waals surface area contributed by atoms with E-state index in [4.69, 9.17) is 0 Å². The van der Waals surface area contributed by atoms with E-state index in [1.165, 1.54) is 12.8 Å². The van der Waals surface area contributed by atoms with Gasteiger partial charge in [-0.05, 0) is 43.7 Å². The topological polar surface area (TPSA) is 58.2 Å². The third-order valence-corrected chi connectivity index (χ3v) is 6.05. The summed E-state index contributed by atoms with van der Waals surface area (Å²) >= 11 is 0. The van der Waals surface area contributed by atoms with Crippen molar-refractivity contribution in [3.63, 3.8) is 0 Å². The van der Waals surface area contributed by atoms with Crippen molar-refractivity contribution < 1.29 is 8.42 Å². The molecule has 0 spiro atoms. The molecular formula is C16H26N2O2S. The molecule has 1 aromatic rings. The number of nitrogens with one attached hydrogen (secondary N) is 2. The van der Waals surface area contributed by atoms with Crippen LogP contribution in [-0.4, -0.2) is 21.5 Å². The molecule has 1 aromatic carbocycles. The molecule has 1 saturated carbocycles. The van der Waals surface area contributed by atoms with Gasteiger partial charge in [0, 0.05) is 13.1 Å². The van der Waals surface area contributed by atoms with Gasteiger partial charge in [-0.15, -0.1) is 0 Å². The minimum absolute atomic E-state index is 0.153. The van der Waals surface area contributed by atoms with Gasteiger partial charge in [-0.25, -0.2) is 13.1 Å². The minimum Gasteiger partial charge on any atom is -0.384 e. The summed E-state index contributed by atoms with van der Waals surface area (Å²) in [4.78, 5) is 0.344. The molecule has 0 radical (unpaired) electrons. The Morgan fingerprint density at radius 2 is 1.81 bits per heavy atom. The van der Waals surface area contributed by atoms with Crippen LogP contribution in [0.5, 0.6) is 0 Å². The fourth-order valence-corrected chi connectivity index (χ4v) is 4.48. The predicted octanol–water partition coefficient (Wildman–Crippen LogP) is 3.37. The monoisotopic (exact) mass is 310 g/mol. The van der Waals surface area contributed by atoms with Crippen LogP contribution in [0.3, 0.4) is 0 Å². The van der Waals surface area contributed by atoms with Crippen molar-refractivity contribution in [1.82, 2.24) is 4.72 Å². The largest absolute Gasteiger partial charge is 0.384 e. The Morgan fingerprint density at radius 3 is 2.43 bits per heavy atom. The smallest absolute Gasteiger partial charge is 0.242 e. The van der Waals surface area contributed by atoms with Crippen molar-refractivity contribution >= 4 is 15.7 Å². The van der Waals surface area contributed by atoms with E-state index in [0.29, 0.717) is 23.7 Å². The van der Waals surface area contributed by atoms with Gasteiger partial charge in [0.05, 0.1) is 5.69 Å². The van der Waals surface area contributed by atoms with Crippen LogP contribution in [0.1, 0.15) is 46.0 Å². The van der Waals surface area contributed by atoms with Crippen LogP contribution in [-0.2, 0) is 10.0 Å². The average Bonchev–Trinajstić information content (AvgIpc) is 2.96. The Balaban J connectivity index is 2.15. The Labute approximate surface area is 128 Å². The third kappa shape index (κ3) is 3.77. The van der Waals surface area contributed by atoms with Crippen LogP contribution in [0.4, 0.5) is 5.69 Å². The highest BCUT2D eigenvalue weighted by Gasteiger charge is 2.33. The van der Waals surface area contributed by atoms with Gasteiger partial charge in [-0.2, -0.15) is 0 Å². The predicted molar refractivity (Wildman–Crippen MR) is 87.0 cm³/mol. The Hall–Kier alpha value is -1.07. The zero-order valence-electron chi connectivity index (χ0n) is 13.0. The molecule has 0 unspecified atom stereocenters. The number of anilines is 1. The summed E-state index contributed by atoms with van der Waals surface area (Å²) in [5, 5.41) is 3.11. The lowest BCUT2D eigenvalue weighted by Gasteiger charge is -2.27. The molecule has 1 aliphatic carbocycles. The molecule has 4 nitrogen and oxygen atoms in total. The Bertz CT molecular complexity index is 563. The van der Waals surface area contributed by atoms with E-state index >= 15 is 0 Å². The first kappa shape index (κ1) is 16.3. The second-order valence-electron chi connectivity index (χ2n) is 5.91. The standard InChI is InChI=1S/C16H26N2O2S/c1-3-16(11-7-8-12-16)13-18-21(19,20)15-10-6-5-9-14(15)17-4-2/h5-6,9-10,17-18H,3-4,7-8,11-13H2,1-2H3.